The molecule has 3 unspecified atom stereocenters. The summed E-state index contributed by atoms with van der Waals surface area (Å²) >= 11 is 2.00. The van der Waals surface area contributed by atoms with Gasteiger partial charge in [-0.3, -0.25) is 0 Å². The highest BCUT2D eigenvalue weighted by Gasteiger charge is 2.45. The van der Waals surface area contributed by atoms with E-state index in [1.165, 1.54) is 12.2 Å². The summed E-state index contributed by atoms with van der Waals surface area (Å²) in [6.45, 7) is 2.27. The summed E-state index contributed by atoms with van der Waals surface area (Å²) < 4.78 is 11.7. The Bertz CT molecular complexity index is 479. The van der Waals surface area contributed by atoms with E-state index in [0.29, 0.717) is 5.25 Å². The van der Waals surface area contributed by atoms with Crippen molar-refractivity contribution in [2.75, 3.05) is 12.9 Å². The Morgan fingerprint density at radius 1 is 1.47 bits per heavy atom. The van der Waals surface area contributed by atoms with Gasteiger partial charge >= 0.3 is 0 Å². The Kier molecular flexibility index (Phi) is 3.39. The number of hydrogen-bond acceptors (Lipinski definition) is 4. The Balaban J connectivity index is 1.97. The molecule has 0 saturated carbocycles. The molecule has 1 fully saturated rings. The molecule has 3 rings (SSSR count). The van der Waals surface area contributed by atoms with E-state index in [9.17, 15) is 0 Å². The number of nitrogens with two attached hydrogens (primary N) is 1. The number of thioether (sulfide) groups is 1. The van der Waals surface area contributed by atoms with Crippen LogP contribution in [-0.2, 0) is 0 Å². The lowest BCUT2D eigenvalue weighted by Crippen LogP contribution is -2.51. The van der Waals surface area contributed by atoms with Gasteiger partial charge < -0.3 is 15.2 Å². The normalized spacial score (nSPS) is 33.6. The van der Waals surface area contributed by atoms with E-state index in [4.69, 9.17) is 15.2 Å². The monoisotopic (exact) mass is 279 g/mol. The third kappa shape index (κ3) is 2.21. The molecule has 0 amide bonds. The van der Waals surface area contributed by atoms with Crippen LogP contribution in [0.15, 0.2) is 18.2 Å². The molecule has 3 atom stereocenters. The Labute approximate surface area is 118 Å². The molecule has 2 N–H and O–H groups in total. The smallest absolute Gasteiger partial charge is 0.128 e. The maximum Gasteiger partial charge on any atom is 0.128 e. The van der Waals surface area contributed by atoms with Gasteiger partial charge in [0, 0.05) is 29.3 Å². The molecule has 0 radical (unpaired) electrons. The van der Waals surface area contributed by atoms with Crippen LogP contribution < -0.4 is 15.2 Å². The van der Waals surface area contributed by atoms with Crippen molar-refractivity contribution in [1.29, 1.82) is 0 Å². The molecule has 1 spiro atoms. The van der Waals surface area contributed by atoms with Gasteiger partial charge in [0.05, 0.1) is 7.11 Å². The zero-order chi connectivity index (χ0) is 13.5. The number of hydrogen-bond donors (Lipinski definition) is 1. The first-order valence-corrected chi connectivity index (χ1v) is 7.94. The zero-order valence-electron chi connectivity index (χ0n) is 11.5. The largest absolute Gasteiger partial charge is 0.497 e. The van der Waals surface area contributed by atoms with Gasteiger partial charge in [-0.05, 0) is 31.6 Å². The minimum absolute atomic E-state index is 0.0656. The molecular formula is C15H21NO2S. The van der Waals surface area contributed by atoms with Gasteiger partial charge in [0.1, 0.15) is 17.1 Å². The number of methoxy groups -OCH3 is 1. The Morgan fingerprint density at radius 2 is 2.32 bits per heavy atom. The maximum atomic E-state index is 6.40. The van der Waals surface area contributed by atoms with Crippen molar-refractivity contribution in [3.05, 3.63) is 23.8 Å². The maximum absolute atomic E-state index is 6.40. The van der Waals surface area contributed by atoms with Crippen LogP contribution in [-0.4, -0.2) is 23.7 Å². The van der Waals surface area contributed by atoms with Gasteiger partial charge in [-0.1, -0.05) is 6.07 Å². The first-order chi connectivity index (χ1) is 9.14. The topological polar surface area (TPSA) is 44.5 Å². The Hall–Kier alpha value is -0.870. The van der Waals surface area contributed by atoms with E-state index in [1.807, 2.05) is 30.0 Å². The van der Waals surface area contributed by atoms with Crippen LogP contribution in [0.3, 0.4) is 0 Å². The van der Waals surface area contributed by atoms with Crippen LogP contribution >= 0.6 is 11.8 Å². The molecule has 104 valence electrons. The quantitative estimate of drug-likeness (QED) is 0.858. The van der Waals surface area contributed by atoms with Crippen molar-refractivity contribution in [2.24, 2.45) is 5.73 Å². The second-order valence-corrected chi connectivity index (χ2v) is 6.95. The van der Waals surface area contributed by atoms with Crippen LogP contribution in [0.2, 0.25) is 0 Å². The van der Waals surface area contributed by atoms with Crippen molar-refractivity contribution < 1.29 is 9.47 Å². The fraction of sp³-hybridized carbons (Fsp3) is 0.600. The third-order valence-electron chi connectivity index (χ3n) is 4.35. The minimum Gasteiger partial charge on any atom is -0.497 e. The fourth-order valence-corrected chi connectivity index (χ4v) is 4.40. The molecule has 3 nitrogen and oxygen atoms in total. The van der Waals surface area contributed by atoms with Gasteiger partial charge in [0.2, 0.25) is 0 Å². The molecule has 4 heteroatoms. The van der Waals surface area contributed by atoms with Crippen molar-refractivity contribution >= 4 is 11.8 Å². The summed E-state index contributed by atoms with van der Waals surface area (Å²) in [4.78, 5) is 0. The molecule has 0 aliphatic carbocycles. The van der Waals surface area contributed by atoms with E-state index in [0.717, 1.165) is 29.9 Å². The van der Waals surface area contributed by atoms with Crippen LogP contribution in [0.25, 0.3) is 0 Å². The van der Waals surface area contributed by atoms with Gasteiger partial charge in [-0.15, -0.1) is 0 Å². The van der Waals surface area contributed by atoms with Crippen LogP contribution in [0.5, 0.6) is 11.5 Å². The third-order valence-corrected chi connectivity index (χ3v) is 5.81. The first-order valence-electron chi connectivity index (χ1n) is 6.89. The predicted octanol–water partition coefficient (Wildman–Crippen LogP) is 3.13. The average Bonchev–Trinajstić information content (AvgIpc) is 2.41. The predicted molar refractivity (Wildman–Crippen MR) is 79.1 cm³/mol. The summed E-state index contributed by atoms with van der Waals surface area (Å²) in [6, 6.07) is 6.03. The molecule has 1 aromatic rings. The minimum atomic E-state index is -0.0955. The van der Waals surface area contributed by atoms with Crippen LogP contribution in [0.4, 0.5) is 0 Å². The van der Waals surface area contributed by atoms with E-state index in [-0.39, 0.29) is 11.6 Å². The zero-order valence-corrected chi connectivity index (χ0v) is 12.3. The van der Waals surface area contributed by atoms with Gasteiger partial charge in [0.25, 0.3) is 0 Å². The molecule has 1 saturated heterocycles. The van der Waals surface area contributed by atoms with E-state index >= 15 is 0 Å². The summed E-state index contributed by atoms with van der Waals surface area (Å²) in [6.07, 6.45) is 3.23. The summed E-state index contributed by atoms with van der Waals surface area (Å²) in [5, 5.41) is 0.492. The van der Waals surface area contributed by atoms with Crippen LogP contribution in [0.1, 0.15) is 37.8 Å². The highest BCUT2D eigenvalue weighted by molar-refractivity contribution is 8.00. The summed E-state index contributed by atoms with van der Waals surface area (Å²) in [7, 11) is 1.68. The summed E-state index contributed by atoms with van der Waals surface area (Å²) in [5.74, 6) is 2.97. The molecule has 1 aromatic carbocycles. The number of fused-ring (bicyclic) bond motifs is 1. The Morgan fingerprint density at radius 3 is 3.05 bits per heavy atom. The summed E-state index contributed by atoms with van der Waals surface area (Å²) in [5.41, 5.74) is 7.39. The average molecular weight is 279 g/mol. The number of benzene rings is 1. The highest BCUT2D eigenvalue weighted by Crippen LogP contribution is 2.48. The number of rotatable bonds is 1. The van der Waals surface area contributed by atoms with E-state index in [2.05, 4.69) is 6.92 Å². The van der Waals surface area contributed by atoms with E-state index in [1.54, 1.807) is 7.11 Å². The number of ether oxygens (including phenoxy) is 2. The van der Waals surface area contributed by atoms with Crippen molar-refractivity contribution in [2.45, 2.75) is 43.1 Å². The van der Waals surface area contributed by atoms with Crippen LogP contribution in [0, 0.1) is 0 Å². The van der Waals surface area contributed by atoms with E-state index < -0.39 is 0 Å². The lowest BCUT2D eigenvalue weighted by molar-refractivity contribution is 0.0253. The standard InChI is InChI=1S/C15H21NO2S/c1-10-15(6-3-7-19-10)9-13(16)12-5-4-11(17-2)8-14(12)18-15/h4-5,8,10,13H,3,6-7,9,16H2,1-2H3. The first kappa shape index (κ1) is 13.1. The van der Waals surface area contributed by atoms with Crippen molar-refractivity contribution in [3.8, 4) is 11.5 Å². The SMILES string of the molecule is COc1ccc2c(c1)OC1(CCCSC1C)CC2N. The fourth-order valence-electron chi connectivity index (χ4n) is 3.17. The molecule has 0 bridgehead atoms. The molecule has 19 heavy (non-hydrogen) atoms. The lowest BCUT2D eigenvalue weighted by Gasteiger charge is -2.47. The second-order valence-electron chi connectivity index (χ2n) is 5.50. The molecule has 2 aliphatic heterocycles. The molecule has 0 aromatic heterocycles. The van der Waals surface area contributed by atoms with Crippen molar-refractivity contribution in [3.63, 3.8) is 0 Å². The van der Waals surface area contributed by atoms with Gasteiger partial charge in [-0.25, -0.2) is 0 Å². The highest BCUT2D eigenvalue weighted by atomic mass is 32.2. The van der Waals surface area contributed by atoms with Gasteiger partial charge in [0.15, 0.2) is 0 Å². The molecule has 2 aliphatic rings. The molecule has 2 heterocycles. The van der Waals surface area contributed by atoms with Crippen molar-refractivity contribution in [1.82, 2.24) is 0 Å². The second kappa shape index (κ2) is 4.91. The van der Waals surface area contributed by atoms with Gasteiger partial charge in [-0.2, -0.15) is 11.8 Å². The molecular weight excluding hydrogens is 258 g/mol. The lowest BCUT2D eigenvalue weighted by atomic mass is 9.82.